The molecule has 4 rings (SSSR count). The van der Waals surface area contributed by atoms with Gasteiger partial charge in [-0.1, -0.05) is 18.2 Å². The van der Waals surface area contributed by atoms with Gasteiger partial charge in [0.2, 0.25) is 5.91 Å². The highest BCUT2D eigenvalue weighted by Gasteiger charge is 2.37. The van der Waals surface area contributed by atoms with Gasteiger partial charge in [-0.15, -0.1) is 0 Å². The Balaban J connectivity index is 1.30. The number of hydrogen-bond acceptors (Lipinski definition) is 7. The van der Waals surface area contributed by atoms with Crippen molar-refractivity contribution >= 4 is 29.3 Å². The van der Waals surface area contributed by atoms with Gasteiger partial charge in [-0.3, -0.25) is 14.4 Å². The average Bonchev–Trinajstić information content (AvgIpc) is 3.30. The zero-order chi connectivity index (χ0) is 26.5. The number of Topliss-reactive ketones (excluding diaryl/α,β-unsaturated/α-hetero) is 1. The number of carbonyl (C=O) groups excluding carboxylic acids is 4. The van der Waals surface area contributed by atoms with Crippen LogP contribution in [-0.2, 0) is 14.3 Å². The summed E-state index contributed by atoms with van der Waals surface area (Å²) in [5.74, 6) is -1.55. The fourth-order valence-corrected chi connectivity index (χ4v) is 4.09. The molecule has 0 aromatic heterocycles. The van der Waals surface area contributed by atoms with Crippen LogP contribution in [0.1, 0.15) is 38.3 Å². The van der Waals surface area contributed by atoms with E-state index in [1.165, 1.54) is 31.4 Å². The van der Waals surface area contributed by atoms with Gasteiger partial charge in [0.25, 0.3) is 0 Å². The molecular formula is C29H27NO7. The van der Waals surface area contributed by atoms with Crippen LogP contribution in [0.3, 0.4) is 0 Å². The first kappa shape index (κ1) is 25.6. The second-order valence-corrected chi connectivity index (χ2v) is 8.80. The van der Waals surface area contributed by atoms with Crippen LogP contribution in [0.2, 0.25) is 0 Å². The van der Waals surface area contributed by atoms with Gasteiger partial charge in [-0.2, -0.15) is 0 Å². The summed E-state index contributed by atoms with van der Waals surface area (Å²) >= 11 is 0. The number of anilines is 1. The maximum Gasteiger partial charge on any atom is 0.343 e. The van der Waals surface area contributed by atoms with Crippen molar-refractivity contribution in [2.45, 2.75) is 20.3 Å². The smallest absolute Gasteiger partial charge is 0.343 e. The summed E-state index contributed by atoms with van der Waals surface area (Å²) in [7, 11) is 1.51. The van der Waals surface area contributed by atoms with Gasteiger partial charge >= 0.3 is 11.9 Å². The number of methoxy groups -OCH3 is 1. The molecule has 0 bridgehead atoms. The minimum absolute atomic E-state index is 0.0355. The lowest BCUT2D eigenvalue weighted by Crippen LogP contribution is -2.27. The maximum absolute atomic E-state index is 12.6. The monoisotopic (exact) mass is 501 g/mol. The summed E-state index contributed by atoms with van der Waals surface area (Å²) in [5, 5.41) is 0. The molecule has 0 spiro atoms. The highest BCUT2D eigenvalue weighted by Crippen LogP contribution is 2.30. The third-order valence-electron chi connectivity index (χ3n) is 6.36. The van der Waals surface area contributed by atoms with Gasteiger partial charge in [-0.05, 0) is 73.5 Å². The quantitative estimate of drug-likeness (QED) is 0.258. The number of aryl methyl sites for hydroxylation is 1. The zero-order valence-corrected chi connectivity index (χ0v) is 20.9. The molecule has 0 unspecified atom stereocenters. The van der Waals surface area contributed by atoms with E-state index in [1.54, 1.807) is 29.2 Å². The van der Waals surface area contributed by atoms with Gasteiger partial charge < -0.3 is 19.1 Å². The molecule has 1 amide bonds. The first-order valence-electron chi connectivity index (χ1n) is 11.8. The largest absolute Gasteiger partial charge is 0.497 e. The normalized spacial score (nSPS) is 14.8. The van der Waals surface area contributed by atoms with Crippen molar-refractivity contribution in [2.75, 3.05) is 25.2 Å². The Labute approximate surface area is 214 Å². The predicted molar refractivity (Wildman–Crippen MR) is 136 cm³/mol. The summed E-state index contributed by atoms with van der Waals surface area (Å²) in [6.07, 6.45) is 0.0355. The molecule has 0 saturated carbocycles. The highest BCUT2D eigenvalue weighted by atomic mass is 16.5. The molecule has 1 saturated heterocycles. The molecule has 3 aromatic carbocycles. The predicted octanol–water partition coefficient (Wildman–Crippen LogP) is 4.31. The van der Waals surface area contributed by atoms with Crippen molar-refractivity contribution in [2.24, 2.45) is 5.92 Å². The Bertz CT molecular complexity index is 1350. The summed E-state index contributed by atoms with van der Waals surface area (Å²) in [4.78, 5) is 51.6. The first-order chi connectivity index (χ1) is 17.8. The lowest BCUT2D eigenvalue weighted by Gasteiger charge is -2.20. The van der Waals surface area contributed by atoms with E-state index >= 15 is 0 Å². The molecule has 37 heavy (non-hydrogen) atoms. The standard InChI is InChI=1S/C29H27NO7/c1-18-6-4-9-25(19(18)2)30-16-22(15-27(30)32)28(33)36-17-26(31)20-10-12-23(13-11-20)37-29(34)21-7-5-8-24(14-21)35-3/h4-14,22H,15-17H2,1-3H3/t22-/m1/s1. The van der Waals surface area contributed by atoms with E-state index in [4.69, 9.17) is 14.2 Å². The number of benzene rings is 3. The number of ketones is 1. The topological polar surface area (TPSA) is 99.2 Å². The lowest BCUT2D eigenvalue weighted by molar-refractivity contribution is -0.147. The van der Waals surface area contributed by atoms with E-state index in [0.29, 0.717) is 16.9 Å². The summed E-state index contributed by atoms with van der Waals surface area (Å²) in [6.45, 7) is 3.67. The molecule has 0 radical (unpaired) electrons. The fourth-order valence-electron chi connectivity index (χ4n) is 4.09. The Morgan fingerprint density at radius 1 is 0.919 bits per heavy atom. The summed E-state index contributed by atoms with van der Waals surface area (Å²) in [5.41, 5.74) is 3.45. The van der Waals surface area contributed by atoms with Crippen LogP contribution >= 0.6 is 0 Å². The van der Waals surface area contributed by atoms with E-state index in [0.717, 1.165) is 16.8 Å². The van der Waals surface area contributed by atoms with E-state index in [1.807, 2.05) is 32.0 Å². The molecule has 0 N–H and O–H groups in total. The van der Waals surface area contributed by atoms with Crippen LogP contribution in [0.4, 0.5) is 5.69 Å². The molecular weight excluding hydrogens is 474 g/mol. The number of esters is 2. The number of rotatable bonds is 8. The van der Waals surface area contributed by atoms with Gasteiger partial charge in [0.15, 0.2) is 12.4 Å². The van der Waals surface area contributed by atoms with E-state index in [9.17, 15) is 19.2 Å². The Morgan fingerprint density at radius 3 is 2.38 bits per heavy atom. The van der Waals surface area contributed by atoms with Crippen molar-refractivity contribution in [1.29, 1.82) is 0 Å². The van der Waals surface area contributed by atoms with Gasteiger partial charge in [0.1, 0.15) is 11.5 Å². The average molecular weight is 502 g/mol. The second kappa shape index (κ2) is 11.1. The van der Waals surface area contributed by atoms with Gasteiger partial charge in [-0.25, -0.2) is 4.79 Å². The molecule has 190 valence electrons. The Morgan fingerprint density at radius 2 is 1.65 bits per heavy atom. The SMILES string of the molecule is COc1cccc(C(=O)Oc2ccc(C(=O)COC(=O)[C@@H]3CC(=O)N(c4cccc(C)c4C)C3)cc2)c1. The number of nitrogens with zero attached hydrogens (tertiary/aromatic N) is 1. The molecule has 1 fully saturated rings. The lowest BCUT2D eigenvalue weighted by atomic mass is 10.1. The Hall–Kier alpha value is -4.46. The molecule has 0 aliphatic carbocycles. The van der Waals surface area contributed by atoms with Crippen LogP contribution in [0.15, 0.2) is 66.7 Å². The van der Waals surface area contributed by atoms with Gasteiger partial charge in [0.05, 0.1) is 18.6 Å². The molecule has 1 atom stereocenters. The summed E-state index contributed by atoms with van der Waals surface area (Å²) in [6, 6.07) is 18.2. The number of hydrogen-bond donors (Lipinski definition) is 0. The fraction of sp³-hybridized carbons (Fsp3) is 0.241. The van der Waals surface area contributed by atoms with Crippen molar-refractivity contribution in [3.63, 3.8) is 0 Å². The molecule has 8 nitrogen and oxygen atoms in total. The van der Waals surface area contributed by atoms with Crippen LogP contribution in [0.5, 0.6) is 11.5 Å². The Kier molecular flexibility index (Phi) is 7.67. The first-order valence-corrected chi connectivity index (χ1v) is 11.8. The number of ether oxygens (including phenoxy) is 3. The zero-order valence-electron chi connectivity index (χ0n) is 20.9. The molecule has 1 heterocycles. The maximum atomic E-state index is 12.6. The highest BCUT2D eigenvalue weighted by molar-refractivity contribution is 6.01. The minimum Gasteiger partial charge on any atom is -0.497 e. The van der Waals surface area contributed by atoms with Gasteiger partial charge in [0, 0.05) is 24.2 Å². The third kappa shape index (κ3) is 5.86. The van der Waals surface area contributed by atoms with E-state index in [-0.39, 0.29) is 24.6 Å². The van der Waals surface area contributed by atoms with Crippen LogP contribution in [0.25, 0.3) is 0 Å². The third-order valence-corrected chi connectivity index (χ3v) is 6.36. The molecule has 3 aromatic rings. The second-order valence-electron chi connectivity index (χ2n) is 8.80. The van der Waals surface area contributed by atoms with Crippen LogP contribution in [-0.4, -0.2) is 43.9 Å². The minimum atomic E-state index is -0.640. The van der Waals surface area contributed by atoms with E-state index < -0.39 is 30.2 Å². The van der Waals surface area contributed by atoms with E-state index in [2.05, 4.69) is 0 Å². The summed E-state index contributed by atoms with van der Waals surface area (Å²) < 4.78 is 15.7. The molecule has 8 heteroatoms. The molecule has 1 aliphatic heterocycles. The van der Waals surface area contributed by atoms with Crippen LogP contribution < -0.4 is 14.4 Å². The molecule has 1 aliphatic rings. The van der Waals surface area contributed by atoms with Crippen LogP contribution in [0, 0.1) is 19.8 Å². The number of carbonyl (C=O) groups is 4. The van der Waals surface area contributed by atoms with Crippen molar-refractivity contribution in [3.05, 3.63) is 89.0 Å². The van der Waals surface area contributed by atoms with Crippen molar-refractivity contribution in [3.8, 4) is 11.5 Å². The van der Waals surface area contributed by atoms with Crippen molar-refractivity contribution < 1.29 is 33.4 Å². The van der Waals surface area contributed by atoms with Crippen molar-refractivity contribution in [1.82, 2.24) is 0 Å². The number of amides is 1.